The fourth-order valence-corrected chi connectivity index (χ4v) is 2.92. The van der Waals surface area contributed by atoms with Crippen LogP contribution in [-0.4, -0.2) is 5.91 Å². The number of anilines is 2. The number of amides is 1. The van der Waals surface area contributed by atoms with E-state index in [9.17, 15) is 4.79 Å². The average molecular weight is 307 g/mol. The number of hydrogen-bond acceptors (Lipinski definition) is 3. The SMILES string of the molecule is CC(=O)Nc1ccc(Sc2ccc(Cl)cc2C)cc1N. The number of nitrogen functional groups attached to an aromatic ring is 1. The lowest BCUT2D eigenvalue weighted by atomic mass is 10.2. The maximum atomic E-state index is 11.0. The van der Waals surface area contributed by atoms with Gasteiger partial charge in [-0.3, -0.25) is 4.79 Å². The van der Waals surface area contributed by atoms with Crippen LogP contribution in [0.2, 0.25) is 5.02 Å². The minimum atomic E-state index is -0.134. The highest BCUT2D eigenvalue weighted by Gasteiger charge is 2.06. The van der Waals surface area contributed by atoms with Gasteiger partial charge in [-0.05, 0) is 48.9 Å². The van der Waals surface area contributed by atoms with E-state index < -0.39 is 0 Å². The number of rotatable bonds is 3. The molecule has 0 heterocycles. The molecule has 104 valence electrons. The minimum Gasteiger partial charge on any atom is -0.397 e. The van der Waals surface area contributed by atoms with Crippen LogP contribution < -0.4 is 11.1 Å². The molecule has 0 fully saturated rings. The standard InChI is InChI=1S/C15H15ClN2OS/c1-9-7-11(16)3-6-15(9)20-12-4-5-14(13(17)8-12)18-10(2)19/h3-8H,17H2,1-2H3,(H,18,19). The molecule has 3 nitrogen and oxygen atoms in total. The van der Waals surface area contributed by atoms with Gasteiger partial charge in [0, 0.05) is 21.7 Å². The van der Waals surface area contributed by atoms with Crippen molar-refractivity contribution in [2.45, 2.75) is 23.6 Å². The van der Waals surface area contributed by atoms with E-state index in [1.54, 1.807) is 11.8 Å². The van der Waals surface area contributed by atoms with Crippen molar-refractivity contribution in [1.82, 2.24) is 0 Å². The zero-order chi connectivity index (χ0) is 14.7. The molecular formula is C15H15ClN2OS. The van der Waals surface area contributed by atoms with E-state index in [0.29, 0.717) is 11.4 Å². The monoisotopic (exact) mass is 306 g/mol. The van der Waals surface area contributed by atoms with Crippen LogP contribution in [0.25, 0.3) is 0 Å². The highest BCUT2D eigenvalue weighted by Crippen LogP contribution is 2.34. The second kappa shape index (κ2) is 6.20. The molecule has 0 aromatic heterocycles. The second-order valence-corrected chi connectivity index (χ2v) is 5.99. The molecule has 0 unspecified atom stereocenters. The van der Waals surface area contributed by atoms with Crippen LogP contribution in [0.1, 0.15) is 12.5 Å². The van der Waals surface area contributed by atoms with Crippen molar-refractivity contribution >= 4 is 40.6 Å². The van der Waals surface area contributed by atoms with Gasteiger partial charge < -0.3 is 11.1 Å². The topological polar surface area (TPSA) is 55.1 Å². The molecule has 5 heteroatoms. The number of carbonyl (C=O) groups is 1. The first-order valence-electron chi connectivity index (χ1n) is 6.07. The molecule has 1 amide bonds. The van der Waals surface area contributed by atoms with Crippen LogP contribution in [0.3, 0.4) is 0 Å². The molecule has 3 N–H and O–H groups in total. The fraction of sp³-hybridized carbons (Fsp3) is 0.133. The van der Waals surface area contributed by atoms with Crippen molar-refractivity contribution in [3.63, 3.8) is 0 Å². The van der Waals surface area contributed by atoms with Crippen molar-refractivity contribution in [3.05, 3.63) is 47.0 Å². The Balaban J connectivity index is 2.22. The number of hydrogen-bond donors (Lipinski definition) is 2. The van der Waals surface area contributed by atoms with Crippen LogP contribution in [-0.2, 0) is 4.79 Å². The van der Waals surface area contributed by atoms with Crippen molar-refractivity contribution in [3.8, 4) is 0 Å². The van der Waals surface area contributed by atoms with Gasteiger partial charge in [-0.2, -0.15) is 0 Å². The number of aryl methyl sites for hydroxylation is 1. The van der Waals surface area contributed by atoms with E-state index in [1.807, 2.05) is 43.3 Å². The van der Waals surface area contributed by atoms with E-state index >= 15 is 0 Å². The number of benzene rings is 2. The lowest BCUT2D eigenvalue weighted by Crippen LogP contribution is -2.07. The molecule has 0 saturated heterocycles. The van der Waals surface area contributed by atoms with Crippen LogP contribution in [0.5, 0.6) is 0 Å². The molecule has 0 aliphatic carbocycles. The number of halogens is 1. The summed E-state index contributed by atoms with van der Waals surface area (Å²) < 4.78 is 0. The smallest absolute Gasteiger partial charge is 0.221 e. The Morgan fingerprint density at radius 3 is 2.60 bits per heavy atom. The minimum absolute atomic E-state index is 0.134. The molecule has 0 aliphatic heterocycles. The maximum Gasteiger partial charge on any atom is 0.221 e. The first kappa shape index (κ1) is 14.8. The third-order valence-corrected chi connectivity index (χ3v) is 4.10. The summed E-state index contributed by atoms with van der Waals surface area (Å²) in [6, 6.07) is 11.4. The predicted molar refractivity (Wildman–Crippen MR) is 85.5 cm³/mol. The van der Waals surface area contributed by atoms with E-state index in [0.717, 1.165) is 20.4 Å². The Kier molecular flexibility index (Phi) is 4.57. The largest absolute Gasteiger partial charge is 0.397 e. The lowest BCUT2D eigenvalue weighted by molar-refractivity contribution is -0.114. The Labute approximate surface area is 127 Å². The van der Waals surface area contributed by atoms with Gasteiger partial charge in [0.15, 0.2) is 0 Å². The van der Waals surface area contributed by atoms with E-state index in [2.05, 4.69) is 5.32 Å². The Hall–Kier alpha value is -1.65. The summed E-state index contributed by atoms with van der Waals surface area (Å²) in [4.78, 5) is 13.2. The average Bonchev–Trinajstić information content (AvgIpc) is 2.36. The normalized spacial score (nSPS) is 10.3. The first-order chi connectivity index (χ1) is 9.45. The van der Waals surface area contributed by atoms with Gasteiger partial charge in [0.25, 0.3) is 0 Å². The molecule has 0 spiro atoms. The molecule has 0 aliphatic rings. The predicted octanol–water partition coefficient (Wildman–Crippen LogP) is 4.34. The van der Waals surface area contributed by atoms with Gasteiger partial charge in [0.2, 0.25) is 5.91 Å². The van der Waals surface area contributed by atoms with Crippen LogP contribution >= 0.6 is 23.4 Å². The summed E-state index contributed by atoms with van der Waals surface area (Å²) in [5.74, 6) is -0.134. The molecule has 0 atom stereocenters. The molecule has 2 aromatic rings. The zero-order valence-corrected chi connectivity index (χ0v) is 12.8. The molecule has 0 saturated carbocycles. The van der Waals surface area contributed by atoms with E-state index in [1.165, 1.54) is 6.92 Å². The Morgan fingerprint density at radius 2 is 2.00 bits per heavy atom. The van der Waals surface area contributed by atoms with Gasteiger partial charge in [-0.15, -0.1) is 0 Å². The van der Waals surface area contributed by atoms with Crippen LogP contribution in [0, 0.1) is 6.92 Å². The van der Waals surface area contributed by atoms with Gasteiger partial charge in [-0.25, -0.2) is 0 Å². The highest BCUT2D eigenvalue weighted by molar-refractivity contribution is 7.99. The van der Waals surface area contributed by atoms with Crippen LogP contribution in [0.15, 0.2) is 46.2 Å². The molecular weight excluding hydrogens is 292 g/mol. The highest BCUT2D eigenvalue weighted by atomic mass is 35.5. The summed E-state index contributed by atoms with van der Waals surface area (Å²) >= 11 is 7.56. The lowest BCUT2D eigenvalue weighted by Gasteiger charge is -2.10. The van der Waals surface area contributed by atoms with Gasteiger partial charge in [-0.1, -0.05) is 23.4 Å². The van der Waals surface area contributed by atoms with Crippen molar-refractivity contribution in [1.29, 1.82) is 0 Å². The third-order valence-electron chi connectivity index (χ3n) is 2.70. The summed E-state index contributed by atoms with van der Waals surface area (Å²) in [5.41, 5.74) is 8.24. The number of carbonyl (C=O) groups excluding carboxylic acids is 1. The summed E-state index contributed by atoms with van der Waals surface area (Å²) in [7, 11) is 0. The van der Waals surface area contributed by atoms with Crippen molar-refractivity contribution in [2.75, 3.05) is 11.1 Å². The molecule has 0 bridgehead atoms. The van der Waals surface area contributed by atoms with Crippen molar-refractivity contribution < 1.29 is 4.79 Å². The Morgan fingerprint density at radius 1 is 1.25 bits per heavy atom. The number of nitrogens with two attached hydrogens (primary N) is 1. The maximum absolute atomic E-state index is 11.0. The number of nitrogens with one attached hydrogen (secondary N) is 1. The Bertz CT molecular complexity index is 658. The summed E-state index contributed by atoms with van der Waals surface area (Å²) in [6.45, 7) is 3.47. The molecule has 2 aromatic carbocycles. The first-order valence-corrected chi connectivity index (χ1v) is 7.26. The third kappa shape index (κ3) is 3.68. The molecule has 2 rings (SSSR count). The fourth-order valence-electron chi connectivity index (χ4n) is 1.76. The molecule has 20 heavy (non-hydrogen) atoms. The van der Waals surface area contributed by atoms with Crippen molar-refractivity contribution in [2.24, 2.45) is 0 Å². The zero-order valence-electron chi connectivity index (χ0n) is 11.2. The quantitative estimate of drug-likeness (QED) is 0.829. The van der Waals surface area contributed by atoms with E-state index in [4.69, 9.17) is 17.3 Å². The van der Waals surface area contributed by atoms with Gasteiger partial charge in [0.1, 0.15) is 0 Å². The van der Waals surface area contributed by atoms with Crippen LogP contribution in [0.4, 0.5) is 11.4 Å². The van der Waals surface area contributed by atoms with Gasteiger partial charge in [0.05, 0.1) is 11.4 Å². The summed E-state index contributed by atoms with van der Waals surface area (Å²) in [6.07, 6.45) is 0. The van der Waals surface area contributed by atoms with E-state index in [-0.39, 0.29) is 5.91 Å². The molecule has 0 radical (unpaired) electrons. The van der Waals surface area contributed by atoms with Gasteiger partial charge >= 0.3 is 0 Å². The summed E-state index contributed by atoms with van der Waals surface area (Å²) in [5, 5.41) is 3.42. The second-order valence-electron chi connectivity index (χ2n) is 4.44.